The van der Waals surface area contributed by atoms with Gasteiger partial charge >= 0.3 is 0 Å². The van der Waals surface area contributed by atoms with Crippen LogP contribution in [-0.2, 0) is 7.05 Å². The van der Waals surface area contributed by atoms with E-state index in [2.05, 4.69) is 20.4 Å². The lowest BCUT2D eigenvalue weighted by Crippen LogP contribution is -2.14. The number of pyridine rings is 1. The highest BCUT2D eigenvalue weighted by Crippen LogP contribution is 2.30. The zero-order chi connectivity index (χ0) is 22.3. The predicted octanol–water partition coefficient (Wildman–Crippen LogP) is 4.92. The van der Waals surface area contributed by atoms with Crippen molar-refractivity contribution in [3.63, 3.8) is 0 Å². The minimum atomic E-state index is -0.467. The third kappa shape index (κ3) is 3.88. The molecule has 3 aromatic heterocycles. The molecule has 0 saturated carbocycles. The van der Waals surface area contributed by atoms with E-state index in [1.807, 2.05) is 33.9 Å². The van der Waals surface area contributed by atoms with Crippen LogP contribution in [0.4, 0.5) is 9.52 Å². The number of hydrogen-bond acceptors (Lipinski definition) is 6. The van der Waals surface area contributed by atoms with Gasteiger partial charge in [-0.3, -0.25) is 14.8 Å². The van der Waals surface area contributed by atoms with Crippen molar-refractivity contribution >= 4 is 33.4 Å². The van der Waals surface area contributed by atoms with E-state index in [4.69, 9.17) is 4.74 Å². The van der Waals surface area contributed by atoms with Crippen LogP contribution in [0, 0.1) is 12.7 Å². The first-order valence-corrected chi connectivity index (χ1v) is 10.6. The summed E-state index contributed by atoms with van der Waals surface area (Å²) in [6, 6.07) is 6.45. The molecule has 1 N–H and O–H groups in total. The summed E-state index contributed by atoms with van der Waals surface area (Å²) in [5, 5.41) is 10.2. The number of methoxy groups -OCH3 is 1. The zero-order valence-corrected chi connectivity index (χ0v) is 18.7. The molecule has 1 aromatic carbocycles. The molecular weight excluding hydrogens is 417 g/mol. The standard InChI is InChI=1S/C22H22FN5O2S/c1-11(2)16-9-14(19-12(3)27-28(4)20(19)24-16)21(29)26-22-25-17(10-31-22)13-6-7-18(30-5)15(23)8-13/h6-11H,1-5H3,(H,25,26,29). The number of amides is 1. The molecule has 0 radical (unpaired) electrons. The predicted molar refractivity (Wildman–Crippen MR) is 119 cm³/mol. The Morgan fingerprint density at radius 1 is 1.26 bits per heavy atom. The summed E-state index contributed by atoms with van der Waals surface area (Å²) in [6.07, 6.45) is 0. The number of carbonyl (C=O) groups excluding carboxylic acids is 1. The van der Waals surface area contributed by atoms with E-state index in [-0.39, 0.29) is 17.6 Å². The number of rotatable bonds is 5. The minimum Gasteiger partial charge on any atom is -0.494 e. The monoisotopic (exact) mass is 439 g/mol. The van der Waals surface area contributed by atoms with Crippen LogP contribution in [0.5, 0.6) is 5.75 Å². The Morgan fingerprint density at radius 3 is 2.71 bits per heavy atom. The van der Waals surface area contributed by atoms with E-state index in [1.54, 1.807) is 22.2 Å². The number of aryl methyl sites for hydroxylation is 2. The lowest BCUT2D eigenvalue weighted by atomic mass is 10.0. The van der Waals surface area contributed by atoms with Crippen molar-refractivity contribution < 1.29 is 13.9 Å². The normalized spacial score (nSPS) is 11.3. The number of aromatic nitrogens is 4. The van der Waals surface area contributed by atoms with Gasteiger partial charge in [0.15, 0.2) is 22.3 Å². The molecule has 4 aromatic rings. The molecule has 7 nitrogen and oxygen atoms in total. The van der Waals surface area contributed by atoms with Gasteiger partial charge in [-0.2, -0.15) is 5.10 Å². The zero-order valence-electron chi connectivity index (χ0n) is 17.9. The van der Waals surface area contributed by atoms with Crippen LogP contribution in [0.1, 0.15) is 41.5 Å². The molecule has 0 aliphatic rings. The third-order valence-corrected chi connectivity index (χ3v) is 5.75. The SMILES string of the molecule is COc1ccc(-c2csc(NC(=O)c3cc(C(C)C)nc4c3c(C)nn4C)n2)cc1F. The van der Waals surface area contributed by atoms with Gasteiger partial charge in [0.05, 0.1) is 29.4 Å². The molecule has 0 aliphatic heterocycles. The molecule has 1 amide bonds. The van der Waals surface area contributed by atoms with Crippen molar-refractivity contribution in [1.82, 2.24) is 19.7 Å². The Bertz CT molecular complexity index is 1290. The largest absolute Gasteiger partial charge is 0.494 e. The van der Waals surface area contributed by atoms with Crippen LogP contribution >= 0.6 is 11.3 Å². The first-order valence-electron chi connectivity index (χ1n) is 9.73. The maximum Gasteiger partial charge on any atom is 0.258 e. The summed E-state index contributed by atoms with van der Waals surface area (Å²) < 4.78 is 20.7. The van der Waals surface area contributed by atoms with Crippen LogP contribution in [0.3, 0.4) is 0 Å². The molecule has 0 saturated heterocycles. The summed E-state index contributed by atoms with van der Waals surface area (Å²) in [7, 11) is 3.23. The van der Waals surface area contributed by atoms with Crippen LogP contribution in [0.15, 0.2) is 29.6 Å². The maximum atomic E-state index is 14.0. The molecule has 3 heterocycles. The number of fused-ring (bicyclic) bond motifs is 1. The van der Waals surface area contributed by atoms with Gasteiger partial charge in [0.1, 0.15) is 0 Å². The molecule has 0 aliphatic carbocycles. The van der Waals surface area contributed by atoms with Gasteiger partial charge in [-0.15, -0.1) is 11.3 Å². The summed E-state index contributed by atoms with van der Waals surface area (Å²) in [5.74, 6) is -0.428. The highest BCUT2D eigenvalue weighted by atomic mass is 32.1. The number of halogens is 1. The molecule has 31 heavy (non-hydrogen) atoms. The second-order valence-corrected chi connectivity index (χ2v) is 8.36. The molecule has 0 unspecified atom stereocenters. The van der Waals surface area contributed by atoms with Gasteiger partial charge in [-0.05, 0) is 37.1 Å². The molecular formula is C22H22FN5O2S. The first-order chi connectivity index (χ1) is 14.8. The Morgan fingerprint density at radius 2 is 2.03 bits per heavy atom. The Hall–Kier alpha value is -3.33. The summed E-state index contributed by atoms with van der Waals surface area (Å²) in [5.41, 5.74) is 3.90. The number of nitrogens with one attached hydrogen (secondary N) is 1. The third-order valence-electron chi connectivity index (χ3n) is 5.00. The lowest BCUT2D eigenvalue weighted by Gasteiger charge is -2.10. The summed E-state index contributed by atoms with van der Waals surface area (Å²) in [4.78, 5) is 22.3. The molecule has 0 atom stereocenters. The van der Waals surface area contributed by atoms with E-state index >= 15 is 0 Å². The number of carbonyl (C=O) groups is 1. The number of thiazole rings is 1. The van der Waals surface area contributed by atoms with E-state index in [0.29, 0.717) is 27.6 Å². The fourth-order valence-corrected chi connectivity index (χ4v) is 4.11. The van der Waals surface area contributed by atoms with E-state index in [9.17, 15) is 9.18 Å². The van der Waals surface area contributed by atoms with Crippen LogP contribution in [0.2, 0.25) is 0 Å². The number of anilines is 1. The highest BCUT2D eigenvalue weighted by molar-refractivity contribution is 7.14. The molecule has 0 fully saturated rings. The van der Waals surface area contributed by atoms with Crippen LogP contribution in [-0.4, -0.2) is 32.8 Å². The van der Waals surface area contributed by atoms with Gasteiger partial charge in [0.25, 0.3) is 5.91 Å². The Balaban J connectivity index is 1.67. The van der Waals surface area contributed by atoms with E-state index in [0.717, 1.165) is 16.8 Å². The smallest absolute Gasteiger partial charge is 0.258 e. The van der Waals surface area contributed by atoms with Gasteiger partial charge < -0.3 is 4.74 Å². The van der Waals surface area contributed by atoms with Crippen molar-refractivity contribution in [2.45, 2.75) is 26.7 Å². The lowest BCUT2D eigenvalue weighted by molar-refractivity contribution is 0.102. The fraction of sp³-hybridized carbons (Fsp3) is 0.273. The van der Waals surface area contributed by atoms with Crippen LogP contribution in [0.25, 0.3) is 22.3 Å². The highest BCUT2D eigenvalue weighted by Gasteiger charge is 2.20. The molecule has 160 valence electrons. The van der Waals surface area contributed by atoms with Gasteiger partial charge in [0, 0.05) is 23.7 Å². The Kier molecular flexibility index (Phi) is 5.45. The number of nitrogens with zero attached hydrogens (tertiary/aromatic N) is 4. The average molecular weight is 440 g/mol. The van der Waals surface area contributed by atoms with Crippen molar-refractivity contribution in [3.05, 3.63) is 52.4 Å². The molecule has 0 bridgehead atoms. The maximum absolute atomic E-state index is 14.0. The minimum absolute atomic E-state index is 0.155. The molecule has 4 rings (SSSR count). The fourth-order valence-electron chi connectivity index (χ4n) is 3.39. The van der Waals surface area contributed by atoms with Crippen LogP contribution < -0.4 is 10.1 Å². The second kappa shape index (κ2) is 8.07. The van der Waals surface area contributed by atoms with Gasteiger partial charge in [0.2, 0.25) is 0 Å². The second-order valence-electron chi connectivity index (χ2n) is 7.50. The quantitative estimate of drug-likeness (QED) is 0.477. The number of hydrogen-bond donors (Lipinski definition) is 1. The van der Waals surface area contributed by atoms with Gasteiger partial charge in [-0.25, -0.2) is 14.4 Å². The molecule has 9 heteroatoms. The number of benzene rings is 1. The van der Waals surface area contributed by atoms with E-state index in [1.165, 1.54) is 24.5 Å². The topological polar surface area (TPSA) is 81.9 Å². The van der Waals surface area contributed by atoms with Crippen molar-refractivity contribution in [2.24, 2.45) is 7.05 Å². The first kappa shape index (κ1) is 20.9. The number of ether oxygens (including phenoxy) is 1. The average Bonchev–Trinajstić information content (AvgIpc) is 3.31. The van der Waals surface area contributed by atoms with Crippen molar-refractivity contribution in [1.29, 1.82) is 0 Å². The van der Waals surface area contributed by atoms with Gasteiger partial charge in [-0.1, -0.05) is 13.8 Å². The molecule has 0 spiro atoms. The van der Waals surface area contributed by atoms with E-state index < -0.39 is 5.82 Å². The summed E-state index contributed by atoms with van der Waals surface area (Å²) >= 11 is 1.28. The Labute approximate surface area is 182 Å². The van der Waals surface area contributed by atoms with Crippen molar-refractivity contribution in [3.8, 4) is 17.0 Å². The van der Waals surface area contributed by atoms with Crippen molar-refractivity contribution in [2.75, 3.05) is 12.4 Å². The summed E-state index contributed by atoms with van der Waals surface area (Å²) in [6.45, 7) is 5.91.